The maximum atomic E-state index is 12.8. The summed E-state index contributed by atoms with van der Waals surface area (Å²) < 4.78 is 38.4. The maximum absolute atomic E-state index is 12.8. The molecule has 0 bridgehead atoms. The summed E-state index contributed by atoms with van der Waals surface area (Å²) >= 11 is 16.9. The zero-order chi connectivity index (χ0) is 19.5. The van der Waals surface area contributed by atoms with Crippen LogP contribution in [-0.2, 0) is 12.7 Å². The van der Waals surface area contributed by atoms with E-state index in [4.69, 9.17) is 41.2 Å². The second kappa shape index (κ2) is 8.11. The van der Waals surface area contributed by atoms with Crippen LogP contribution in [0.3, 0.4) is 0 Å². The molecule has 2 aromatic carbocycles. The smallest absolute Gasteiger partial charge is 0.351 e. The van der Waals surface area contributed by atoms with Crippen LogP contribution in [0.25, 0.3) is 0 Å². The number of halogens is 5. The SMILES string of the molecule is NC(=O)N(Cc1cccc(C(F)(F)F)c1)C(=S)Nc1ccc(Cl)c(Cl)c1. The Morgan fingerprint density at radius 3 is 2.42 bits per heavy atom. The van der Waals surface area contributed by atoms with Gasteiger partial charge in [0.05, 0.1) is 22.2 Å². The van der Waals surface area contributed by atoms with Gasteiger partial charge in [-0.1, -0.05) is 35.3 Å². The van der Waals surface area contributed by atoms with Gasteiger partial charge < -0.3 is 11.1 Å². The Labute approximate surface area is 162 Å². The van der Waals surface area contributed by atoms with Crippen molar-refractivity contribution in [2.45, 2.75) is 12.7 Å². The van der Waals surface area contributed by atoms with E-state index in [9.17, 15) is 18.0 Å². The molecular formula is C16H12Cl2F3N3OS. The highest BCUT2D eigenvalue weighted by atomic mass is 35.5. The summed E-state index contributed by atoms with van der Waals surface area (Å²) in [4.78, 5) is 12.6. The van der Waals surface area contributed by atoms with Crippen molar-refractivity contribution in [1.29, 1.82) is 0 Å². The molecule has 0 saturated carbocycles. The van der Waals surface area contributed by atoms with E-state index in [1.54, 1.807) is 6.07 Å². The van der Waals surface area contributed by atoms with Crippen LogP contribution >= 0.6 is 35.4 Å². The van der Waals surface area contributed by atoms with Gasteiger partial charge in [-0.15, -0.1) is 0 Å². The molecule has 0 fully saturated rings. The van der Waals surface area contributed by atoms with Gasteiger partial charge in [0.25, 0.3) is 0 Å². The van der Waals surface area contributed by atoms with Gasteiger partial charge in [-0.3, -0.25) is 4.90 Å². The Kier molecular flexibility index (Phi) is 6.33. The van der Waals surface area contributed by atoms with Crippen molar-refractivity contribution in [1.82, 2.24) is 4.90 Å². The van der Waals surface area contributed by atoms with Gasteiger partial charge in [0.15, 0.2) is 5.11 Å². The Bertz CT molecular complexity index is 846. The number of carbonyl (C=O) groups is 1. The fourth-order valence-electron chi connectivity index (χ4n) is 2.04. The topological polar surface area (TPSA) is 58.4 Å². The molecule has 10 heteroatoms. The summed E-state index contributed by atoms with van der Waals surface area (Å²) in [6, 6.07) is 8.21. The molecule has 0 aliphatic heterocycles. The van der Waals surface area contributed by atoms with Crippen LogP contribution in [0.2, 0.25) is 10.0 Å². The first-order valence-corrected chi connectivity index (χ1v) is 8.23. The molecule has 0 saturated heterocycles. The normalized spacial score (nSPS) is 11.1. The number of amides is 2. The highest BCUT2D eigenvalue weighted by molar-refractivity contribution is 7.80. The van der Waals surface area contributed by atoms with Gasteiger partial charge in [0.2, 0.25) is 0 Å². The number of nitrogens with two attached hydrogens (primary N) is 1. The molecule has 0 aromatic heterocycles. The van der Waals surface area contributed by atoms with E-state index >= 15 is 0 Å². The number of hydrogen-bond donors (Lipinski definition) is 2. The lowest BCUT2D eigenvalue weighted by atomic mass is 10.1. The third kappa shape index (κ3) is 5.23. The molecule has 2 amide bonds. The predicted octanol–water partition coefficient (Wildman–Crippen LogP) is 5.29. The number of rotatable bonds is 3. The quantitative estimate of drug-likeness (QED) is 0.661. The second-order valence-corrected chi connectivity index (χ2v) is 6.38. The van der Waals surface area contributed by atoms with Gasteiger partial charge >= 0.3 is 12.2 Å². The van der Waals surface area contributed by atoms with Crippen LogP contribution < -0.4 is 11.1 Å². The lowest BCUT2D eigenvalue weighted by Crippen LogP contribution is -2.42. The average molecular weight is 422 g/mol. The average Bonchev–Trinajstić information content (AvgIpc) is 2.55. The molecule has 138 valence electrons. The fourth-order valence-corrected chi connectivity index (χ4v) is 2.61. The summed E-state index contributed by atoms with van der Waals surface area (Å²) in [6.07, 6.45) is -4.49. The molecule has 0 atom stereocenters. The van der Waals surface area contributed by atoms with Crippen LogP contribution in [0, 0.1) is 0 Å². The van der Waals surface area contributed by atoms with E-state index in [1.165, 1.54) is 24.3 Å². The third-order valence-electron chi connectivity index (χ3n) is 3.28. The summed E-state index contributed by atoms with van der Waals surface area (Å²) in [5.41, 5.74) is 5.14. The van der Waals surface area contributed by atoms with Crippen molar-refractivity contribution in [2.24, 2.45) is 5.73 Å². The summed E-state index contributed by atoms with van der Waals surface area (Å²) in [5.74, 6) is 0. The van der Waals surface area contributed by atoms with Crippen molar-refractivity contribution in [3.63, 3.8) is 0 Å². The molecule has 26 heavy (non-hydrogen) atoms. The number of urea groups is 1. The number of hydrogen-bond acceptors (Lipinski definition) is 2. The second-order valence-electron chi connectivity index (χ2n) is 5.18. The molecule has 0 aliphatic carbocycles. The van der Waals surface area contributed by atoms with Crippen LogP contribution in [0.5, 0.6) is 0 Å². The first kappa shape index (κ1) is 20.3. The van der Waals surface area contributed by atoms with E-state index < -0.39 is 17.8 Å². The van der Waals surface area contributed by atoms with Crippen LogP contribution in [0.15, 0.2) is 42.5 Å². The van der Waals surface area contributed by atoms with Crippen molar-refractivity contribution >= 4 is 52.3 Å². The number of thiocarbonyl (C=S) groups is 1. The fraction of sp³-hybridized carbons (Fsp3) is 0.125. The van der Waals surface area contributed by atoms with Gasteiger partial charge in [-0.05, 0) is 48.1 Å². The number of primary amides is 1. The number of carbonyl (C=O) groups excluding carboxylic acids is 1. The van der Waals surface area contributed by atoms with Crippen molar-refractivity contribution in [3.8, 4) is 0 Å². The molecule has 0 spiro atoms. The van der Waals surface area contributed by atoms with Crippen LogP contribution in [0.4, 0.5) is 23.7 Å². The molecule has 0 aliphatic rings. The molecule has 3 N–H and O–H groups in total. The Morgan fingerprint density at radius 2 is 1.85 bits per heavy atom. The first-order chi connectivity index (χ1) is 12.1. The lowest BCUT2D eigenvalue weighted by molar-refractivity contribution is -0.137. The molecule has 0 heterocycles. The molecule has 0 radical (unpaired) electrons. The van der Waals surface area contributed by atoms with E-state index in [0.29, 0.717) is 10.7 Å². The standard InChI is InChI=1S/C16H12Cl2F3N3OS/c17-12-5-4-11(7-13(12)18)23-15(26)24(14(22)25)8-9-2-1-3-10(6-9)16(19,20)21/h1-7H,8H2,(H2,22,25)(H,23,26). The van der Waals surface area contributed by atoms with Gasteiger partial charge in [-0.2, -0.15) is 13.2 Å². The number of benzene rings is 2. The summed E-state index contributed by atoms with van der Waals surface area (Å²) in [5, 5.41) is 3.26. The minimum absolute atomic E-state index is 0.0895. The van der Waals surface area contributed by atoms with E-state index in [2.05, 4.69) is 5.32 Å². The Morgan fingerprint density at radius 1 is 1.15 bits per heavy atom. The van der Waals surface area contributed by atoms with E-state index in [-0.39, 0.29) is 22.2 Å². The summed E-state index contributed by atoms with van der Waals surface area (Å²) in [7, 11) is 0. The first-order valence-electron chi connectivity index (χ1n) is 7.07. The monoisotopic (exact) mass is 421 g/mol. The number of nitrogens with one attached hydrogen (secondary N) is 1. The largest absolute Gasteiger partial charge is 0.416 e. The summed E-state index contributed by atoms with van der Waals surface area (Å²) in [6.45, 7) is -0.230. The zero-order valence-electron chi connectivity index (χ0n) is 13.0. The molecule has 2 aromatic rings. The van der Waals surface area contributed by atoms with Gasteiger partial charge in [0, 0.05) is 5.69 Å². The maximum Gasteiger partial charge on any atom is 0.416 e. The van der Waals surface area contributed by atoms with E-state index in [1.807, 2.05) is 0 Å². The molecular weight excluding hydrogens is 410 g/mol. The Hall–Kier alpha value is -2.03. The molecule has 2 rings (SSSR count). The van der Waals surface area contributed by atoms with Gasteiger partial charge in [-0.25, -0.2) is 4.79 Å². The van der Waals surface area contributed by atoms with Crippen molar-refractivity contribution in [2.75, 3.05) is 5.32 Å². The highest BCUT2D eigenvalue weighted by Gasteiger charge is 2.30. The van der Waals surface area contributed by atoms with Crippen molar-refractivity contribution in [3.05, 3.63) is 63.6 Å². The lowest BCUT2D eigenvalue weighted by Gasteiger charge is -2.22. The number of anilines is 1. The highest BCUT2D eigenvalue weighted by Crippen LogP contribution is 2.30. The third-order valence-corrected chi connectivity index (χ3v) is 4.34. The number of nitrogens with zero attached hydrogens (tertiary/aromatic N) is 1. The zero-order valence-corrected chi connectivity index (χ0v) is 15.3. The van der Waals surface area contributed by atoms with Crippen LogP contribution in [-0.4, -0.2) is 16.0 Å². The van der Waals surface area contributed by atoms with E-state index in [0.717, 1.165) is 17.0 Å². The molecule has 0 unspecified atom stereocenters. The minimum atomic E-state index is -4.49. The van der Waals surface area contributed by atoms with Crippen LogP contribution in [0.1, 0.15) is 11.1 Å². The van der Waals surface area contributed by atoms with Gasteiger partial charge in [0.1, 0.15) is 0 Å². The molecule has 4 nitrogen and oxygen atoms in total. The number of alkyl halides is 3. The predicted molar refractivity (Wildman–Crippen MR) is 99.3 cm³/mol. The minimum Gasteiger partial charge on any atom is -0.351 e. The van der Waals surface area contributed by atoms with Crippen molar-refractivity contribution < 1.29 is 18.0 Å². The Balaban J connectivity index is 2.19.